The van der Waals surface area contributed by atoms with Crippen LogP contribution in [0.1, 0.15) is 25.1 Å². The van der Waals surface area contributed by atoms with Crippen LogP contribution in [0.3, 0.4) is 0 Å². The fraction of sp³-hybridized carbons (Fsp3) is 0.312. The van der Waals surface area contributed by atoms with Gasteiger partial charge in [-0.05, 0) is 30.7 Å². The molecule has 0 radical (unpaired) electrons. The molecular weight excluding hydrogens is 296 g/mol. The van der Waals surface area contributed by atoms with E-state index in [4.69, 9.17) is 15.2 Å². The molecule has 122 valence electrons. The number of methoxy groups -OCH3 is 1. The van der Waals surface area contributed by atoms with E-state index in [-0.39, 0.29) is 11.9 Å². The summed E-state index contributed by atoms with van der Waals surface area (Å²) >= 11 is 0. The van der Waals surface area contributed by atoms with Crippen LogP contribution in [0.5, 0.6) is 11.5 Å². The topological polar surface area (TPSA) is 91.7 Å². The molecule has 0 bridgehead atoms. The standard InChI is InChI=1S/C16H20N4O3/c1-10(2)15(21)23-13-6-5-12(7-14(13)22-4)8-18-20-9-11(3)19-16(20)17/h5-10H,1-4H3,(H2,17,19). The molecule has 0 aliphatic rings. The summed E-state index contributed by atoms with van der Waals surface area (Å²) in [6, 6.07) is 5.17. The van der Waals surface area contributed by atoms with Gasteiger partial charge < -0.3 is 15.2 Å². The highest BCUT2D eigenvalue weighted by Crippen LogP contribution is 2.28. The molecule has 0 amide bonds. The SMILES string of the molecule is COc1cc(C=Nn2cc(C)nc2N)ccc1OC(=O)C(C)C. The fourth-order valence-electron chi connectivity index (χ4n) is 1.80. The number of hydrogen-bond acceptors (Lipinski definition) is 6. The third-order valence-corrected chi connectivity index (χ3v) is 3.04. The second kappa shape index (κ2) is 6.95. The van der Waals surface area contributed by atoms with Crippen molar-refractivity contribution in [3.8, 4) is 11.5 Å². The Morgan fingerprint density at radius 1 is 1.39 bits per heavy atom. The first kappa shape index (κ1) is 16.5. The Kier molecular flexibility index (Phi) is 5.00. The van der Waals surface area contributed by atoms with Crippen LogP contribution < -0.4 is 15.2 Å². The Labute approximate surface area is 134 Å². The minimum atomic E-state index is -0.314. The monoisotopic (exact) mass is 316 g/mol. The number of nitrogens with zero attached hydrogens (tertiary/aromatic N) is 3. The van der Waals surface area contributed by atoms with Crippen LogP contribution in [-0.2, 0) is 4.79 Å². The average molecular weight is 316 g/mol. The molecular formula is C16H20N4O3. The molecule has 0 spiro atoms. The predicted molar refractivity (Wildman–Crippen MR) is 87.8 cm³/mol. The minimum Gasteiger partial charge on any atom is -0.493 e. The summed E-state index contributed by atoms with van der Waals surface area (Å²) in [4.78, 5) is 15.8. The van der Waals surface area contributed by atoms with Gasteiger partial charge in [0.25, 0.3) is 0 Å². The number of rotatable bonds is 5. The summed E-state index contributed by atoms with van der Waals surface area (Å²) in [5.74, 6) is 0.618. The maximum absolute atomic E-state index is 11.7. The fourth-order valence-corrected chi connectivity index (χ4v) is 1.80. The van der Waals surface area contributed by atoms with Crippen LogP contribution in [0.4, 0.5) is 5.95 Å². The minimum absolute atomic E-state index is 0.214. The van der Waals surface area contributed by atoms with Crippen LogP contribution in [0.2, 0.25) is 0 Å². The van der Waals surface area contributed by atoms with Crippen LogP contribution in [-0.4, -0.2) is 29.0 Å². The van der Waals surface area contributed by atoms with Crippen LogP contribution in [0.25, 0.3) is 0 Å². The molecule has 0 saturated carbocycles. The molecule has 23 heavy (non-hydrogen) atoms. The lowest BCUT2D eigenvalue weighted by atomic mass is 10.2. The lowest BCUT2D eigenvalue weighted by Crippen LogP contribution is -2.15. The number of benzene rings is 1. The van der Waals surface area contributed by atoms with Gasteiger partial charge in [-0.1, -0.05) is 13.8 Å². The van der Waals surface area contributed by atoms with E-state index in [0.29, 0.717) is 17.4 Å². The number of imidazole rings is 1. The number of nitrogen functional groups attached to an aromatic ring is 1. The molecule has 2 N–H and O–H groups in total. The summed E-state index contributed by atoms with van der Waals surface area (Å²) in [6.45, 7) is 5.38. The maximum Gasteiger partial charge on any atom is 0.313 e. The molecule has 1 heterocycles. The number of aryl methyl sites for hydroxylation is 1. The Morgan fingerprint density at radius 3 is 2.70 bits per heavy atom. The zero-order valence-electron chi connectivity index (χ0n) is 13.6. The highest BCUT2D eigenvalue weighted by Gasteiger charge is 2.13. The number of anilines is 1. The van der Waals surface area contributed by atoms with Gasteiger partial charge in [0.05, 0.1) is 31.1 Å². The van der Waals surface area contributed by atoms with Crippen LogP contribution in [0.15, 0.2) is 29.5 Å². The van der Waals surface area contributed by atoms with E-state index < -0.39 is 0 Å². The predicted octanol–water partition coefficient (Wildman–Crippen LogP) is 2.23. The van der Waals surface area contributed by atoms with E-state index in [1.54, 1.807) is 44.5 Å². The number of nitrogens with two attached hydrogens (primary N) is 1. The van der Waals surface area contributed by atoms with Crippen molar-refractivity contribution in [1.82, 2.24) is 9.66 Å². The second-order valence-electron chi connectivity index (χ2n) is 5.32. The quantitative estimate of drug-likeness (QED) is 0.519. The Balaban J connectivity index is 2.21. The highest BCUT2D eigenvalue weighted by atomic mass is 16.6. The summed E-state index contributed by atoms with van der Waals surface area (Å²) in [5, 5.41) is 4.23. The van der Waals surface area contributed by atoms with Gasteiger partial charge in [-0.25, -0.2) is 9.66 Å². The van der Waals surface area contributed by atoms with Gasteiger partial charge >= 0.3 is 5.97 Å². The maximum atomic E-state index is 11.7. The first-order valence-electron chi connectivity index (χ1n) is 7.16. The molecule has 2 aromatic rings. The Bertz CT molecular complexity index is 735. The summed E-state index contributed by atoms with van der Waals surface area (Å²) in [7, 11) is 1.51. The smallest absolute Gasteiger partial charge is 0.313 e. The van der Waals surface area contributed by atoms with Gasteiger partial charge in [-0.15, -0.1) is 0 Å². The third kappa shape index (κ3) is 4.09. The van der Waals surface area contributed by atoms with Crippen molar-refractivity contribution >= 4 is 18.1 Å². The number of esters is 1. The molecule has 1 aromatic heterocycles. The van der Waals surface area contributed by atoms with Gasteiger partial charge in [-0.3, -0.25) is 4.79 Å². The van der Waals surface area contributed by atoms with E-state index in [2.05, 4.69) is 10.1 Å². The van der Waals surface area contributed by atoms with Gasteiger partial charge in [0.15, 0.2) is 11.5 Å². The molecule has 0 saturated heterocycles. The summed E-state index contributed by atoms with van der Waals surface area (Å²) in [6.07, 6.45) is 3.34. The zero-order valence-corrected chi connectivity index (χ0v) is 13.6. The highest BCUT2D eigenvalue weighted by molar-refractivity contribution is 5.82. The van der Waals surface area contributed by atoms with Crippen molar-refractivity contribution in [3.63, 3.8) is 0 Å². The normalized spacial score (nSPS) is 11.2. The first-order valence-corrected chi connectivity index (χ1v) is 7.16. The number of hydrogen-bond donors (Lipinski definition) is 1. The van der Waals surface area contributed by atoms with Crippen LogP contribution >= 0.6 is 0 Å². The Morgan fingerprint density at radius 2 is 2.13 bits per heavy atom. The molecule has 2 rings (SSSR count). The van der Waals surface area contributed by atoms with Crippen molar-refractivity contribution in [2.24, 2.45) is 11.0 Å². The molecule has 0 aliphatic heterocycles. The molecule has 7 nitrogen and oxygen atoms in total. The van der Waals surface area contributed by atoms with E-state index in [9.17, 15) is 4.79 Å². The van der Waals surface area contributed by atoms with Crippen molar-refractivity contribution in [2.45, 2.75) is 20.8 Å². The number of carbonyl (C=O) groups excluding carboxylic acids is 1. The van der Waals surface area contributed by atoms with E-state index in [1.165, 1.54) is 11.8 Å². The van der Waals surface area contributed by atoms with Crippen molar-refractivity contribution in [1.29, 1.82) is 0 Å². The molecule has 0 aliphatic carbocycles. The van der Waals surface area contributed by atoms with Crippen LogP contribution in [0, 0.1) is 12.8 Å². The first-order chi connectivity index (χ1) is 10.9. The number of ether oxygens (including phenoxy) is 2. The molecule has 0 fully saturated rings. The molecule has 0 atom stereocenters. The number of aromatic nitrogens is 2. The van der Waals surface area contributed by atoms with Crippen molar-refractivity contribution in [2.75, 3.05) is 12.8 Å². The molecule has 7 heteroatoms. The van der Waals surface area contributed by atoms with E-state index >= 15 is 0 Å². The lowest BCUT2D eigenvalue weighted by Gasteiger charge is -2.11. The zero-order chi connectivity index (χ0) is 17.0. The van der Waals surface area contributed by atoms with Gasteiger partial charge in [0, 0.05) is 0 Å². The summed E-state index contributed by atoms with van der Waals surface area (Å²) in [5.41, 5.74) is 7.29. The lowest BCUT2D eigenvalue weighted by molar-refractivity contribution is -0.137. The van der Waals surface area contributed by atoms with Gasteiger partial charge in [0.2, 0.25) is 5.95 Å². The Hall–Kier alpha value is -2.83. The van der Waals surface area contributed by atoms with Gasteiger partial charge in [0.1, 0.15) is 0 Å². The number of carbonyl (C=O) groups is 1. The average Bonchev–Trinajstić information content (AvgIpc) is 2.83. The van der Waals surface area contributed by atoms with Crippen molar-refractivity contribution < 1.29 is 14.3 Å². The summed E-state index contributed by atoms with van der Waals surface area (Å²) < 4.78 is 12.0. The van der Waals surface area contributed by atoms with E-state index in [0.717, 1.165) is 11.3 Å². The van der Waals surface area contributed by atoms with E-state index in [1.807, 2.05) is 6.92 Å². The third-order valence-electron chi connectivity index (χ3n) is 3.04. The molecule has 0 unspecified atom stereocenters. The van der Waals surface area contributed by atoms with Gasteiger partial charge in [-0.2, -0.15) is 5.10 Å². The molecule has 1 aromatic carbocycles. The largest absolute Gasteiger partial charge is 0.493 e. The van der Waals surface area contributed by atoms with Crippen molar-refractivity contribution in [3.05, 3.63) is 35.7 Å². The second-order valence-corrected chi connectivity index (χ2v) is 5.32.